The van der Waals surface area contributed by atoms with Crippen molar-refractivity contribution in [2.45, 2.75) is 20.0 Å². The summed E-state index contributed by atoms with van der Waals surface area (Å²) in [5, 5.41) is 2.99. The molecule has 2 aromatic rings. The maximum atomic E-state index is 5.80. The first-order chi connectivity index (χ1) is 9.75. The molecule has 1 heterocycles. The minimum atomic E-state index is 0.348. The molecule has 1 N–H and O–H groups in total. The maximum Gasteiger partial charge on any atom is 0.224 e. The van der Waals surface area contributed by atoms with Crippen LogP contribution in [0.15, 0.2) is 30.3 Å². The third-order valence-corrected chi connectivity index (χ3v) is 2.81. The smallest absolute Gasteiger partial charge is 0.224 e. The molecule has 0 fully saturated rings. The summed E-state index contributed by atoms with van der Waals surface area (Å²) in [5.41, 5.74) is 1.22. The highest BCUT2D eigenvalue weighted by molar-refractivity contribution is 5.40. The summed E-state index contributed by atoms with van der Waals surface area (Å²) in [5.74, 6) is 2.56. The Kier molecular flexibility index (Phi) is 4.90. The van der Waals surface area contributed by atoms with Gasteiger partial charge in [0.1, 0.15) is 18.2 Å². The van der Waals surface area contributed by atoms with Crippen molar-refractivity contribution in [1.82, 2.24) is 9.97 Å². The molecule has 0 aliphatic rings. The standard InChI is InChI=1S/C15H19N3O2/c1-4-11-6-5-7-12(8-11)20-15-9-13(16-2)17-14(18-15)10-19-3/h5-9H,4,10H2,1-3H3,(H,16,17,18). The van der Waals surface area contributed by atoms with Crippen LogP contribution in [0.5, 0.6) is 11.6 Å². The largest absolute Gasteiger partial charge is 0.439 e. The van der Waals surface area contributed by atoms with Crippen LogP contribution >= 0.6 is 0 Å². The number of hydrogen-bond acceptors (Lipinski definition) is 5. The lowest BCUT2D eigenvalue weighted by atomic mass is 10.2. The molecule has 0 aliphatic heterocycles. The fourth-order valence-electron chi connectivity index (χ4n) is 1.80. The van der Waals surface area contributed by atoms with Crippen molar-refractivity contribution in [2.24, 2.45) is 0 Å². The van der Waals surface area contributed by atoms with Crippen LogP contribution in [0.2, 0.25) is 0 Å². The molecule has 0 amide bonds. The van der Waals surface area contributed by atoms with E-state index in [9.17, 15) is 0 Å². The van der Waals surface area contributed by atoms with Crippen molar-refractivity contribution in [1.29, 1.82) is 0 Å². The number of rotatable bonds is 6. The molecule has 0 unspecified atom stereocenters. The number of aryl methyl sites for hydroxylation is 1. The van der Waals surface area contributed by atoms with E-state index >= 15 is 0 Å². The monoisotopic (exact) mass is 273 g/mol. The number of aromatic nitrogens is 2. The van der Waals surface area contributed by atoms with E-state index in [4.69, 9.17) is 9.47 Å². The van der Waals surface area contributed by atoms with Gasteiger partial charge in [0.05, 0.1) is 0 Å². The minimum Gasteiger partial charge on any atom is -0.439 e. The molecule has 106 valence electrons. The lowest BCUT2D eigenvalue weighted by Crippen LogP contribution is -2.03. The summed E-state index contributed by atoms with van der Waals surface area (Å²) in [6.45, 7) is 2.46. The van der Waals surface area contributed by atoms with Gasteiger partial charge in [0.2, 0.25) is 5.88 Å². The Morgan fingerprint density at radius 2 is 2.05 bits per heavy atom. The number of nitrogens with one attached hydrogen (secondary N) is 1. The second-order valence-corrected chi connectivity index (χ2v) is 4.29. The van der Waals surface area contributed by atoms with Gasteiger partial charge >= 0.3 is 0 Å². The summed E-state index contributed by atoms with van der Waals surface area (Å²) >= 11 is 0. The molecular formula is C15H19N3O2. The van der Waals surface area contributed by atoms with Gasteiger partial charge in [-0.3, -0.25) is 0 Å². The van der Waals surface area contributed by atoms with Crippen LogP contribution in [0.25, 0.3) is 0 Å². The number of benzene rings is 1. The molecule has 0 radical (unpaired) electrons. The van der Waals surface area contributed by atoms with Crippen LogP contribution in [-0.4, -0.2) is 24.1 Å². The van der Waals surface area contributed by atoms with Gasteiger partial charge in [-0.1, -0.05) is 19.1 Å². The SMILES string of the molecule is CCc1cccc(Oc2cc(NC)nc(COC)n2)c1. The Labute approximate surface area is 119 Å². The average molecular weight is 273 g/mol. The van der Waals surface area contributed by atoms with Crippen LogP contribution in [0.3, 0.4) is 0 Å². The average Bonchev–Trinajstić information content (AvgIpc) is 2.47. The van der Waals surface area contributed by atoms with Crippen molar-refractivity contribution in [3.63, 3.8) is 0 Å². The second kappa shape index (κ2) is 6.86. The van der Waals surface area contributed by atoms with E-state index in [1.807, 2.05) is 18.2 Å². The lowest BCUT2D eigenvalue weighted by Gasteiger charge is -2.09. The number of hydrogen-bond donors (Lipinski definition) is 1. The molecule has 5 heteroatoms. The molecule has 20 heavy (non-hydrogen) atoms. The molecule has 2 rings (SSSR count). The van der Waals surface area contributed by atoms with Crippen molar-refractivity contribution >= 4 is 5.82 Å². The van der Waals surface area contributed by atoms with Crippen LogP contribution in [0.1, 0.15) is 18.3 Å². The molecule has 5 nitrogen and oxygen atoms in total. The third-order valence-electron chi connectivity index (χ3n) is 2.81. The molecule has 0 aliphatic carbocycles. The van der Waals surface area contributed by atoms with Gasteiger partial charge in [0.25, 0.3) is 0 Å². The first kappa shape index (κ1) is 14.3. The Balaban J connectivity index is 2.24. The fraction of sp³-hybridized carbons (Fsp3) is 0.333. The first-order valence-electron chi connectivity index (χ1n) is 6.56. The Bertz CT molecular complexity index is 573. The highest BCUT2D eigenvalue weighted by Gasteiger charge is 2.06. The van der Waals surface area contributed by atoms with Crippen molar-refractivity contribution in [3.8, 4) is 11.6 Å². The summed E-state index contributed by atoms with van der Waals surface area (Å²) in [6, 6.07) is 9.73. The Morgan fingerprint density at radius 1 is 1.20 bits per heavy atom. The van der Waals surface area contributed by atoms with E-state index in [2.05, 4.69) is 28.3 Å². The van der Waals surface area contributed by atoms with E-state index < -0.39 is 0 Å². The van der Waals surface area contributed by atoms with E-state index in [-0.39, 0.29) is 0 Å². The minimum absolute atomic E-state index is 0.348. The molecule has 0 atom stereocenters. The van der Waals surface area contributed by atoms with E-state index in [0.29, 0.717) is 24.1 Å². The predicted molar refractivity (Wildman–Crippen MR) is 78.2 cm³/mol. The zero-order valence-corrected chi connectivity index (χ0v) is 12.0. The molecular weight excluding hydrogens is 254 g/mol. The van der Waals surface area contributed by atoms with Gasteiger partial charge in [-0.2, -0.15) is 4.98 Å². The van der Waals surface area contributed by atoms with Gasteiger partial charge in [-0.25, -0.2) is 4.98 Å². The zero-order chi connectivity index (χ0) is 14.4. The van der Waals surface area contributed by atoms with Gasteiger partial charge in [-0.15, -0.1) is 0 Å². The van der Waals surface area contributed by atoms with Crippen molar-refractivity contribution < 1.29 is 9.47 Å². The molecule has 0 saturated heterocycles. The number of anilines is 1. The van der Waals surface area contributed by atoms with Crippen LogP contribution in [0.4, 0.5) is 5.82 Å². The van der Waals surface area contributed by atoms with Gasteiger partial charge in [-0.05, 0) is 24.1 Å². The molecule has 0 spiro atoms. The highest BCUT2D eigenvalue weighted by Crippen LogP contribution is 2.22. The number of ether oxygens (including phenoxy) is 2. The Hall–Kier alpha value is -2.14. The third kappa shape index (κ3) is 3.68. The van der Waals surface area contributed by atoms with Crippen molar-refractivity contribution in [3.05, 3.63) is 41.7 Å². The lowest BCUT2D eigenvalue weighted by molar-refractivity contribution is 0.177. The summed E-state index contributed by atoms with van der Waals surface area (Å²) in [7, 11) is 3.42. The number of nitrogens with zero attached hydrogens (tertiary/aromatic N) is 2. The normalized spacial score (nSPS) is 10.3. The maximum absolute atomic E-state index is 5.80. The van der Waals surface area contributed by atoms with Gasteiger partial charge < -0.3 is 14.8 Å². The highest BCUT2D eigenvalue weighted by atomic mass is 16.5. The van der Waals surface area contributed by atoms with Crippen LogP contribution in [0, 0.1) is 0 Å². The Morgan fingerprint density at radius 3 is 2.75 bits per heavy atom. The number of methoxy groups -OCH3 is 1. The van der Waals surface area contributed by atoms with Crippen molar-refractivity contribution in [2.75, 3.05) is 19.5 Å². The molecule has 1 aromatic heterocycles. The molecule has 0 bridgehead atoms. The first-order valence-corrected chi connectivity index (χ1v) is 6.56. The van der Waals surface area contributed by atoms with E-state index in [0.717, 1.165) is 12.2 Å². The zero-order valence-electron chi connectivity index (χ0n) is 12.0. The van der Waals surface area contributed by atoms with Crippen LogP contribution in [-0.2, 0) is 17.8 Å². The van der Waals surface area contributed by atoms with Gasteiger partial charge in [0.15, 0.2) is 5.82 Å². The topological polar surface area (TPSA) is 56.3 Å². The summed E-state index contributed by atoms with van der Waals surface area (Å²) in [4.78, 5) is 8.61. The molecule has 0 saturated carbocycles. The van der Waals surface area contributed by atoms with Gasteiger partial charge in [0, 0.05) is 20.2 Å². The fourth-order valence-corrected chi connectivity index (χ4v) is 1.80. The van der Waals surface area contributed by atoms with Crippen LogP contribution < -0.4 is 10.1 Å². The summed E-state index contributed by atoms with van der Waals surface area (Å²) < 4.78 is 10.9. The predicted octanol–water partition coefficient (Wildman–Crippen LogP) is 3.02. The van der Waals surface area contributed by atoms with E-state index in [1.54, 1.807) is 20.2 Å². The van der Waals surface area contributed by atoms with E-state index in [1.165, 1.54) is 5.56 Å². The second-order valence-electron chi connectivity index (χ2n) is 4.29. The quantitative estimate of drug-likeness (QED) is 0.876. The molecule has 1 aromatic carbocycles. The summed E-state index contributed by atoms with van der Waals surface area (Å²) in [6.07, 6.45) is 0.970.